The fraction of sp³-hybridized carbons (Fsp3) is 0.571. The fourth-order valence-electron chi connectivity index (χ4n) is 2.02. The molecule has 0 amide bonds. The van der Waals surface area contributed by atoms with E-state index in [0.29, 0.717) is 12.6 Å². The molecule has 1 unspecified atom stereocenters. The van der Waals surface area contributed by atoms with Gasteiger partial charge in [-0.25, -0.2) is 13.6 Å². The fourth-order valence-corrected chi connectivity index (χ4v) is 2.53. The number of aliphatic hydroxyl groups is 1. The highest BCUT2D eigenvalue weighted by Gasteiger charge is 2.12. The molecule has 0 aromatic heterocycles. The highest BCUT2D eigenvalue weighted by molar-refractivity contribution is 7.89. The molecule has 20 heavy (non-hydrogen) atoms. The summed E-state index contributed by atoms with van der Waals surface area (Å²) in [6.07, 6.45) is 0.442. The van der Waals surface area contributed by atoms with Crippen LogP contribution < -0.4 is 5.14 Å². The largest absolute Gasteiger partial charge is 0.392 e. The Morgan fingerprint density at radius 3 is 2.15 bits per heavy atom. The van der Waals surface area contributed by atoms with Crippen LogP contribution in [0.15, 0.2) is 29.2 Å². The summed E-state index contributed by atoms with van der Waals surface area (Å²) in [6, 6.07) is 6.97. The Balaban J connectivity index is 2.64. The molecule has 0 aliphatic rings. The molecule has 5 nitrogen and oxygen atoms in total. The van der Waals surface area contributed by atoms with Crippen LogP contribution in [0.1, 0.15) is 26.3 Å². The van der Waals surface area contributed by atoms with Gasteiger partial charge in [-0.15, -0.1) is 0 Å². The summed E-state index contributed by atoms with van der Waals surface area (Å²) in [5.41, 5.74) is 1.05. The third kappa shape index (κ3) is 5.58. The zero-order chi connectivity index (χ0) is 15.3. The zero-order valence-electron chi connectivity index (χ0n) is 12.3. The lowest BCUT2D eigenvalue weighted by molar-refractivity contribution is 0.108. The number of benzene rings is 1. The Morgan fingerprint density at radius 1 is 1.20 bits per heavy atom. The van der Waals surface area contributed by atoms with Gasteiger partial charge in [0.05, 0.1) is 11.0 Å². The molecule has 0 radical (unpaired) electrons. The summed E-state index contributed by atoms with van der Waals surface area (Å²) in [5.74, 6) is 0. The molecule has 0 bridgehead atoms. The van der Waals surface area contributed by atoms with Gasteiger partial charge in [-0.05, 0) is 44.9 Å². The molecule has 0 spiro atoms. The highest BCUT2D eigenvalue weighted by Crippen LogP contribution is 2.10. The maximum Gasteiger partial charge on any atom is 0.238 e. The molecule has 6 heteroatoms. The number of nitrogens with two attached hydrogens (primary N) is 1. The number of nitrogens with zero attached hydrogens (tertiary/aromatic N) is 1. The number of primary sulfonamides is 1. The Hall–Kier alpha value is -0.950. The van der Waals surface area contributed by atoms with Crippen LogP contribution >= 0.6 is 0 Å². The van der Waals surface area contributed by atoms with Crippen LogP contribution in [0, 0.1) is 0 Å². The number of hydrogen-bond donors (Lipinski definition) is 2. The van der Waals surface area contributed by atoms with E-state index in [-0.39, 0.29) is 11.0 Å². The lowest BCUT2D eigenvalue weighted by atomic mass is 10.1. The van der Waals surface area contributed by atoms with Gasteiger partial charge in [-0.1, -0.05) is 12.1 Å². The standard InChI is InChI=1S/C14H24N2O3S/c1-11(2)16(10-12(3)17)9-8-13-4-6-14(7-5-13)20(15,18)19/h4-7,11-12,17H,8-10H2,1-3H3,(H2,15,18,19). The molecule has 0 aliphatic carbocycles. The summed E-state index contributed by atoms with van der Waals surface area (Å²) in [6.45, 7) is 7.40. The van der Waals surface area contributed by atoms with E-state index in [1.54, 1.807) is 19.1 Å². The minimum absolute atomic E-state index is 0.131. The van der Waals surface area contributed by atoms with Crippen LogP contribution in [-0.2, 0) is 16.4 Å². The maximum absolute atomic E-state index is 11.2. The summed E-state index contributed by atoms with van der Waals surface area (Å²) >= 11 is 0. The van der Waals surface area contributed by atoms with Crippen LogP contribution in [0.25, 0.3) is 0 Å². The van der Waals surface area contributed by atoms with Crippen molar-refractivity contribution in [1.29, 1.82) is 0 Å². The van der Waals surface area contributed by atoms with Crippen LogP contribution in [0.3, 0.4) is 0 Å². The molecule has 1 aromatic rings. The van der Waals surface area contributed by atoms with E-state index in [1.165, 1.54) is 12.1 Å². The Bertz CT molecular complexity index is 510. The van der Waals surface area contributed by atoms with E-state index in [1.807, 2.05) is 0 Å². The Labute approximate surface area is 121 Å². The maximum atomic E-state index is 11.2. The summed E-state index contributed by atoms with van der Waals surface area (Å²) in [4.78, 5) is 2.32. The first-order valence-corrected chi connectivity index (χ1v) is 8.28. The van der Waals surface area contributed by atoms with Gasteiger partial charge in [0.15, 0.2) is 0 Å². The van der Waals surface area contributed by atoms with Crippen molar-refractivity contribution in [3.63, 3.8) is 0 Å². The van der Waals surface area contributed by atoms with Crippen molar-refractivity contribution in [2.24, 2.45) is 5.14 Å². The first-order valence-electron chi connectivity index (χ1n) is 6.74. The quantitative estimate of drug-likeness (QED) is 0.786. The molecule has 0 saturated heterocycles. The number of aliphatic hydroxyl groups excluding tert-OH is 1. The minimum Gasteiger partial charge on any atom is -0.392 e. The van der Waals surface area contributed by atoms with Gasteiger partial charge < -0.3 is 5.11 Å². The predicted molar refractivity (Wildman–Crippen MR) is 79.9 cm³/mol. The van der Waals surface area contributed by atoms with E-state index in [9.17, 15) is 13.5 Å². The molecular weight excluding hydrogens is 276 g/mol. The van der Waals surface area contributed by atoms with E-state index in [0.717, 1.165) is 18.5 Å². The molecule has 1 aromatic carbocycles. The highest BCUT2D eigenvalue weighted by atomic mass is 32.2. The molecule has 0 fully saturated rings. The molecule has 0 aliphatic heterocycles. The topological polar surface area (TPSA) is 83.6 Å². The Kier molecular flexibility index (Phi) is 6.13. The average molecular weight is 300 g/mol. The van der Waals surface area contributed by atoms with Crippen molar-refractivity contribution in [2.45, 2.75) is 44.2 Å². The van der Waals surface area contributed by atoms with E-state index in [2.05, 4.69) is 18.7 Å². The predicted octanol–water partition coefficient (Wildman–Crippen LogP) is 0.968. The molecule has 0 saturated carbocycles. The van der Waals surface area contributed by atoms with Crippen molar-refractivity contribution in [2.75, 3.05) is 13.1 Å². The molecule has 0 heterocycles. The second-order valence-corrected chi connectivity index (χ2v) is 6.94. The SMILES string of the molecule is CC(O)CN(CCc1ccc(S(N)(=O)=O)cc1)C(C)C. The summed E-state index contributed by atoms with van der Waals surface area (Å²) < 4.78 is 22.3. The van der Waals surface area contributed by atoms with Crippen molar-refractivity contribution < 1.29 is 13.5 Å². The van der Waals surface area contributed by atoms with Crippen molar-refractivity contribution in [1.82, 2.24) is 4.90 Å². The first-order chi connectivity index (χ1) is 9.20. The summed E-state index contributed by atoms with van der Waals surface area (Å²) in [5, 5.41) is 14.5. The smallest absolute Gasteiger partial charge is 0.238 e. The van der Waals surface area contributed by atoms with Gasteiger partial charge in [0.2, 0.25) is 10.0 Å². The summed E-state index contributed by atoms with van der Waals surface area (Å²) in [7, 11) is -3.62. The minimum atomic E-state index is -3.62. The van der Waals surface area contributed by atoms with Gasteiger partial charge >= 0.3 is 0 Å². The molecule has 114 valence electrons. The molecule has 1 atom stereocenters. The second-order valence-electron chi connectivity index (χ2n) is 5.38. The Morgan fingerprint density at radius 2 is 1.75 bits per heavy atom. The number of rotatable bonds is 7. The van der Waals surface area contributed by atoms with Gasteiger partial charge in [0.25, 0.3) is 0 Å². The van der Waals surface area contributed by atoms with E-state index >= 15 is 0 Å². The monoisotopic (exact) mass is 300 g/mol. The number of sulfonamides is 1. The van der Waals surface area contributed by atoms with Crippen molar-refractivity contribution >= 4 is 10.0 Å². The second kappa shape index (κ2) is 7.17. The molecular formula is C14H24N2O3S. The molecule has 3 N–H and O–H groups in total. The lowest BCUT2D eigenvalue weighted by Crippen LogP contribution is -2.38. The lowest BCUT2D eigenvalue weighted by Gasteiger charge is -2.27. The van der Waals surface area contributed by atoms with E-state index < -0.39 is 10.0 Å². The van der Waals surface area contributed by atoms with Gasteiger partial charge in [-0.3, -0.25) is 4.90 Å². The third-order valence-corrected chi connectivity index (χ3v) is 4.10. The van der Waals surface area contributed by atoms with Crippen molar-refractivity contribution in [3.05, 3.63) is 29.8 Å². The third-order valence-electron chi connectivity index (χ3n) is 3.17. The van der Waals surface area contributed by atoms with Crippen LogP contribution in [0.4, 0.5) is 0 Å². The normalized spacial score (nSPS) is 13.9. The van der Waals surface area contributed by atoms with Gasteiger partial charge in [-0.2, -0.15) is 0 Å². The number of hydrogen-bond acceptors (Lipinski definition) is 4. The van der Waals surface area contributed by atoms with Gasteiger partial charge in [0.1, 0.15) is 0 Å². The van der Waals surface area contributed by atoms with E-state index in [4.69, 9.17) is 5.14 Å². The average Bonchev–Trinajstić information content (AvgIpc) is 2.33. The van der Waals surface area contributed by atoms with Crippen molar-refractivity contribution in [3.8, 4) is 0 Å². The van der Waals surface area contributed by atoms with Crippen LogP contribution in [0.5, 0.6) is 0 Å². The van der Waals surface area contributed by atoms with Gasteiger partial charge in [0, 0.05) is 19.1 Å². The first kappa shape index (κ1) is 17.1. The van der Waals surface area contributed by atoms with Crippen LogP contribution in [0.2, 0.25) is 0 Å². The zero-order valence-corrected chi connectivity index (χ0v) is 13.1. The molecule has 1 rings (SSSR count). The van der Waals surface area contributed by atoms with Crippen LogP contribution in [-0.4, -0.2) is 43.7 Å².